The number of Topliss-reactive ketones (excluding diaryl/α,β-unsaturated/α-hetero) is 1. The number of halogens is 2. The Morgan fingerprint density at radius 1 is 1.33 bits per heavy atom. The Bertz CT molecular complexity index is 557. The first-order valence-corrected chi connectivity index (χ1v) is 5.22. The molecule has 1 aromatic carbocycles. The van der Waals surface area contributed by atoms with E-state index in [2.05, 4.69) is 0 Å². The summed E-state index contributed by atoms with van der Waals surface area (Å²) in [5, 5.41) is 1.99. The molecule has 15 heavy (non-hydrogen) atoms. The highest BCUT2D eigenvalue weighted by atomic mass is 35.5. The van der Waals surface area contributed by atoms with E-state index in [0.717, 1.165) is 10.9 Å². The lowest BCUT2D eigenvalue weighted by Crippen LogP contribution is -2.01. The molecule has 2 nitrogen and oxygen atoms in total. The van der Waals surface area contributed by atoms with Gasteiger partial charge in [0.1, 0.15) is 5.69 Å². The molecule has 0 saturated carbocycles. The average Bonchev–Trinajstić information content (AvgIpc) is 2.39. The van der Waals surface area contributed by atoms with E-state index < -0.39 is 0 Å². The van der Waals surface area contributed by atoms with Gasteiger partial charge in [-0.15, -0.1) is 0 Å². The second-order valence-corrected chi connectivity index (χ2v) is 4.25. The van der Waals surface area contributed by atoms with Crippen LogP contribution >= 0.6 is 23.2 Å². The van der Waals surface area contributed by atoms with Crippen LogP contribution in [0.15, 0.2) is 18.2 Å². The van der Waals surface area contributed by atoms with Crippen molar-refractivity contribution >= 4 is 39.9 Å². The zero-order valence-electron chi connectivity index (χ0n) is 8.34. The number of nitrogens with zero attached hydrogens (tertiary/aromatic N) is 1. The molecule has 0 unspecified atom stereocenters. The molecule has 0 atom stereocenters. The van der Waals surface area contributed by atoms with Gasteiger partial charge >= 0.3 is 0 Å². The fourth-order valence-electron chi connectivity index (χ4n) is 1.75. The molecule has 2 rings (SSSR count). The summed E-state index contributed by atoms with van der Waals surface area (Å²) in [7, 11) is 1.81. The van der Waals surface area contributed by atoms with Crippen LogP contribution in [0, 0.1) is 0 Å². The lowest BCUT2D eigenvalue weighted by Gasteiger charge is -1.99. The van der Waals surface area contributed by atoms with Crippen LogP contribution in [0.1, 0.15) is 17.4 Å². The second kappa shape index (κ2) is 3.54. The number of ketones is 1. The van der Waals surface area contributed by atoms with Crippen LogP contribution in [-0.2, 0) is 7.05 Å². The summed E-state index contributed by atoms with van der Waals surface area (Å²) in [6, 6.07) is 5.39. The van der Waals surface area contributed by atoms with Crippen molar-refractivity contribution in [2.45, 2.75) is 6.92 Å². The van der Waals surface area contributed by atoms with Gasteiger partial charge in [-0.1, -0.05) is 23.2 Å². The van der Waals surface area contributed by atoms with E-state index in [4.69, 9.17) is 23.2 Å². The summed E-state index contributed by atoms with van der Waals surface area (Å²) < 4.78 is 1.77. The zero-order valence-corrected chi connectivity index (χ0v) is 9.86. The first-order valence-electron chi connectivity index (χ1n) is 4.46. The topological polar surface area (TPSA) is 22.0 Å². The van der Waals surface area contributed by atoms with E-state index in [0.29, 0.717) is 15.7 Å². The van der Waals surface area contributed by atoms with Gasteiger partial charge in [-0.25, -0.2) is 0 Å². The lowest BCUT2D eigenvalue weighted by atomic mass is 10.2. The van der Waals surface area contributed by atoms with E-state index in [1.54, 1.807) is 23.7 Å². The third-order valence-electron chi connectivity index (χ3n) is 2.43. The molecular weight excluding hydrogens is 233 g/mol. The second-order valence-electron chi connectivity index (χ2n) is 3.44. The highest BCUT2D eigenvalue weighted by Gasteiger charge is 2.16. The van der Waals surface area contributed by atoms with Gasteiger partial charge in [-0.3, -0.25) is 4.79 Å². The first-order chi connectivity index (χ1) is 7.02. The Morgan fingerprint density at radius 2 is 2.00 bits per heavy atom. The fraction of sp³-hybridized carbons (Fsp3) is 0.182. The molecule has 0 fully saturated rings. The number of carbonyl (C=O) groups excluding carboxylic acids is 1. The number of benzene rings is 1. The molecule has 2 aromatic rings. The average molecular weight is 242 g/mol. The molecule has 0 bridgehead atoms. The van der Waals surface area contributed by atoms with Crippen LogP contribution in [0.3, 0.4) is 0 Å². The molecule has 0 aliphatic rings. The molecule has 4 heteroatoms. The van der Waals surface area contributed by atoms with E-state index >= 15 is 0 Å². The van der Waals surface area contributed by atoms with Crippen LogP contribution in [0.5, 0.6) is 0 Å². The monoisotopic (exact) mass is 241 g/mol. The Balaban J connectivity index is 2.91. The number of carbonyl (C=O) groups is 1. The number of hydrogen-bond acceptors (Lipinski definition) is 1. The maximum atomic E-state index is 11.4. The van der Waals surface area contributed by atoms with Crippen LogP contribution in [0.25, 0.3) is 10.9 Å². The minimum Gasteiger partial charge on any atom is -0.340 e. The van der Waals surface area contributed by atoms with Crippen molar-refractivity contribution < 1.29 is 4.79 Å². The summed E-state index contributed by atoms with van der Waals surface area (Å²) in [6.45, 7) is 1.50. The highest BCUT2D eigenvalue weighted by molar-refractivity contribution is 6.39. The van der Waals surface area contributed by atoms with Crippen LogP contribution in [0.4, 0.5) is 0 Å². The largest absolute Gasteiger partial charge is 0.340 e. The molecule has 0 saturated heterocycles. The lowest BCUT2D eigenvalue weighted by molar-refractivity contribution is 0.101. The molecule has 0 aliphatic heterocycles. The van der Waals surface area contributed by atoms with E-state index in [1.165, 1.54) is 6.92 Å². The molecule has 0 spiro atoms. The van der Waals surface area contributed by atoms with Gasteiger partial charge in [-0.2, -0.15) is 0 Å². The molecule has 78 valence electrons. The zero-order chi connectivity index (χ0) is 11.2. The summed E-state index contributed by atoms with van der Waals surface area (Å²) >= 11 is 12.0. The van der Waals surface area contributed by atoms with Crippen LogP contribution < -0.4 is 0 Å². The molecule has 0 radical (unpaired) electrons. The quantitative estimate of drug-likeness (QED) is 0.699. The van der Waals surface area contributed by atoms with Gasteiger partial charge in [0.2, 0.25) is 0 Å². The molecule has 0 aliphatic carbocycles. The van der Waals surface area contributed by atoms with Gasteiger partial charge in [0.15, 0.2) is 5.78 Å². The number of aromatic nitrogens is 1. The Kier molecular flexibility index (Phi) is 2.49. The smallest absolute Gasteiger partial charge is 0.177 e. The van der Waals surface area contributed by atoms with Crippen molar-refractivity contribution in [1.29, 1.82) is 0 Å². The summed E-state index contributed by atoms with van der Waals surface area (Å²) in [4.78, 5) is 11.4. The SMILES string of the molecule is CC(=O)c1c(Cl)c2ccc(Cl)cc2n1C. The maximum absolute atomic E-state index is 11.4. The Morgan fingerprint density at radius 3 is 2.60 bits per heavy atom. The third kappa shape index (κ3) is 1.54. The van der Waals surface area contributed by atoms with E-state index in [1.807, 2.05) is 6.07 Å². The fourth-order valence-corrected chi connectivity index (χ4v) is 2.34. The van der Waals surface area contributed by atoms with Gasteiger partial charge in [0.05, 0.1) is 10.5 Å². The molecule has 1 aromatic heterocycles. The number of fused-ring (bicyclic) bond motifs is 1. The summed E-state index contributed by atoms with van der Waals surface area (Å²) in [6.07, 6.45) is 0. The normalized spacial score (nSPS) is 10.9. The number of hydrogen-bond donors (Lipinski definition) is 0. The first kappa shape index (κ1) is 10.5. The number of aryl methyl sites for hydroxylation is 1. The minimum atomic E-state index is -0.0465. The maximum Gasteiger partial charge on any atom is 0.177 e. The van der Waals surface area contributed by atoms with E-state index in [9.17, 15) is 4.79 Å². The van der Waals surface area contributed by atoms with Crippen molar-refractivity contribution in [3.63, 3.8) is 0 Å². The Labute approximate surface area is 97.4 Å². The predicted molar refractivity (Wildman–Crippen MR) is 62.9 cm³/mol. The Hall–Kier alpha value is -0.990. The van der Waals surface area contributed by atoms with Gasteiger partial charge < -0.3 is 4.57 Å². The van der Waals surface area contributed by atoms with Gasteiger partial charge in [0.25, 0.3) is 0 Å². The predicted octanol–water partition coefficient (Wildman–Crippen LogP) is 3.69. The van der Waals surface area contributed by atoms with Gasteiger partial charge in [-0.05, 0) is 18.2 Å². The molecular formula is C11H9Cl2NO. The molecule has 0 amide bonds. The van der Waals surface area contributed by atoms with Crippen LogP contribution in [-0.4, -0.2) is 10.4 Å². The van der Waals surface area contributed by atoms with E-state index in [-0.39, 0.29) is 5.78 Å². The third-order valence-corrected chi connectivity index (χ3v) is 3.05. The van der Waals surface area contributed by atoms with Crippen molar-refractivity contribution in [2.75, 3.05) is 0 Å². The summed E-state index contributed by atoms with van der Waals surface area (Å²) in [5.41, 5.74) is 1.40. The number of rotatable bonds is 1. The standard InChI is InChI=1S/C11H9Cl2NO/c1-6(15)11-10(13)8-4-3-7(12)5-9(8)14(11)2/h3-5H,1-2H3. The van der Waals surface area contributed by atoms with Crippen molar-refractivity contribution in [1.82, 2.24) is 4.57 Å². The van der Waals surface area contributed by atoms with Crippen molar-refractivity contribution in [3.8, 4) is 0 Å². The highest BCUT2D eigenvalue weighted by Crippen LogP contribution is 2.31. The van der Waals surface area contributed by atoms with Crippen LogP contribution in [0.2, 0.25) is 10.0 Å². The molecule has 0 N–H and O–H groups in total. The minimum absolute atomic E-state index is 0.0465. The molecule has 1 heterocycles. The van der Waals surface area contributed by atoms with Crippen molar-refractivity contribution in [2.24, 2.45) is 7.05 Å². The van der Waals surface area contributed by atoms with Gasteiger partial charge in [0, 0.05) is 24.4 Å². The summed E-state index contributed by atoms with van der Waals surface area (Å²) in [5.74, 6) is -0.0465. The van der Waals surface area contributed by atoms with Crippen molar-refractivity contribution in [3.05, 3.63) is 33.9 Å².